The predicted molar refractivity (Wildman–Crippen MR) is 111 cm³/mol. The van der Waals surface area contributed by atoms with Gasteiger partial charge in [-0.1, -0.05) is 5.22 Å². The van der Waals surface area contributed by atoms with Crippen molar-refractivity contribution in [3.8, 4) is 0 Å². The molecule has 0 aliphatic carbocycles. The summed E-state index contributed by atoms with van der Waals surface area (Å²) in [6.07, 6.45) is 2.27. The number of H-pyrrole nitrogens is 1. The van der Waals surface area contributed by atoms with Gasteiger partial charge in [-0.2, -0.15) is 0 Å². The van der Waals surface area contributed by atoms with E-state index in [2.05, 4.69) is 35.6 Å². The topological polar surface area (TPSA) is 212 Å². The number of nitrogens with one attached hydrogen (secondary N) is 2. The first-order valence-electron chi connectivity index (χ1n) is 9.68. The number of imidazole rings is 2. The maximum absolute atomic E-state index is 10.8. The van der Waals surface area contributed by atoms with E-state index in [1.807, 2.05) is 0 Å². The van der Waals surface area contributed by atoms with Crippen LogP contribution in [0.5, 0.6) is 0 Å². The van der Waals surface area contributed by atoms with Crippen molar-refractivity contribution in [1.29, 1.82) is 0 Å². The van der Waals surface area contributed by atoms with Gasteiger partial charge in [-0.15, -0.1) is 5.11 Å². The highest BCUT2D eigenvalue weighted by atomic mass is 16.5. The second-order valence-electron chi connectivity index (χ2n) is 7.16. The molecule has 0 radical (unpaired) electrons. The van der Waals surface area contributed by atoms with Gasteiger partial charge >= 0.3 is 0 Å². The summed E-state index contributed by atoms with van der Waals surface area (Å²) in [6, 6.07) is 0. The molecule has 2 aliphatic heterocycles. The van der Waals surface area contributed by atoms with E-state index < -0.39 is 30.4 Å². The fraction of sp³-hybridized carbons (Fsp3) is 0.529. The summed E-state index contributed by atoms with van der Waals surface area (Å²) in [4.78, 5) is 25.2. The van der Waals surface area contributed by atoms with Crippen LogP contribution in [-0.2, 0) is 4.74 Å². The average Bonchev–Trinajstić information content (AvgIpc) is 3.45. The number of primary amides is 1. The van der Waals surface area contributed by atoms with Crippen LogP contribution in [0.4, 0.5) is 11.6 Å². The first-order chi connectivity index (χ1) is 15.3. The van der Waals surface area contributed by atoms with E-state index in [9.17, 15) is 15.0 Å². The second kappa shape index (κ2) is 10.3. The number of amides is 1. The zero-order valence-electron chi connectivity index (χ0n) is 17.5. The lowest BCUT2D eigenvalue weighted by Gasteiger charge is -2.16. The maximum atomic E-state index is 10.8. The van der Waals surface area contributed by atoms with Crippen molar-refractivity contribution in [1.82, 2.24) is 24.5 Å². The fourth-order valence-corrected chi connectivity index (χ4v) is 3.06. The van der Waals surface area contributed by atoms with Crippen molar-refractivity contribution in [2.24, 2.45) is 21.1 Å². The predicted octanol–water partition coefficient (Wildman–Crippen LogP) is -0.920. The first kappa shape index (κ1) is 23.3. The number of aliphatic imine (C=N–C) groups is 1. The zero-order chi connectivity index (χ0) is 23.3. The maximum Gasteiger partial charge on any atom is 0.271 e. The van der Waals surface area contributed by atoms with E-state index in [4.69, 9.17) is 15.6 Å². The van der Waals surface area contributed by atoms with Crippen LogP contribution in [0, 0.1) is 0 Å². The van der Waals surface area contributed by atoms with E-state index in [-0.39, 0.29) is 24.7 Å². The third kappa shape index (κ3) is 5.25. The molecule has 15 nitrogen and oxygen atoms in total. The number of aliphatic hydroxyl groups excluding tert-OH is 3. The van der Waals surface area contributed by atoms with Crippen molar-refractivity contribution in [3.05, 3.63) is 24.0 Å². The van der Waals surface area contributed by atoms with Gasteiger partial charge in [0.1, 0.15) is 29.9 Å². The van der Waals surface area contributed by atoms with Crippen LogP contribution >= 0.6 is 0 Å². The number of rotatable bonds is 5. The van der Waals surface area contributed by atoms with Gasteiger partial charge in [0.15, 0.2) is 11.5 Å². The molecular weight excluding hydrogens is 424 g/mol. The third-order valence-corrected chi connectivity index (χ3v) is 4.58. The minimum absolute atomic E-state index is 0.0885. The summed E-state index contributed by atoms with van der Waals surface area (Å²) in [5.41, 5.74) is 5.62. The van der Waals surface area contributed by atoms with Gasteiger partial charge in [0, 0.05) is 20.5 Å². The third-order valence-electron chi connectivity index (χ3n) is 4.58. The lowest BCUT2D eigenvalue weighted by molar-refractivity contribution is -0.0437. The molecule has 7 N–H and O–H groups in total. The normalized spacial score (nSPS) is 24.4. The van der Waals surface area contributed by atoms with Crippen molar-refractivity contribution in [2.75, 3.05) is 32.6 Å². The van der Waals surface area contributed by atoms with Crippen LogP contribution in [0.15, 0.2) is 28.0 Å². The van der Waals surface area contributed by atoms with Crippen LogP contribution in [0.3, 0.4) is 0 Å². The highest BCUT2D eigenvalue weighted by Gasteiger charge is 2.36. The molecule has 1 saturated heterocycles. The van der Waals surface area contributed by atoms with Gasteiger partial charge in [-0.3, -0.25) is 19.4 Å². The number of carbonyl (C=O) groups excluding carboxylic acids is 1. The standard InChI is InChI=1S/C11H16N4O4.C6H10N6O/c16-3-8-6(17)1-9(19-8)15-5-14-10-7(18)2-12-4-13-11(10)15;1-12(2)11-10-6-4(5(7)13)8-3-9-6/h4-9,16-18H,1-3H2,(H,12,13);3H,1-2H3,(H2,7,13)(H,8,9)/b;11-10+/t6-,7+,8+,9+;/m0./s1. The summed E-state index contributed by atoms with van der Waals surface area (Å²) >= 11 is 0. The zero-order valence-corrected chi connectivity index (χ0v) is 17.5. The number of hydrogen-bond donors (Lipinski definition) is 6. The fourth-order valence-electron chi connectivity index (χ4n) is 3.06. The highest BCUT2D eigenvalue weighted by molar-refractivity contribution is 5.94. The summed E-state index contributed by atoms with van der Waals surface area (Å²) in [5.74, 6) is 0.236. The molecule has 0 unspecified atom stereocenters. The summed E-state index contributed by atoms with van der Waals surface area (Å²) in [5, 5.41) is 40.6. The summed E-state index contributed by atoms with van der Waals surface area (Å²) in [7, 11) is 3.42. The molecule has 0 spiro atoms. The number of aromatic amines is 1. The molecule has 4 heterocycles. The van der Waals surface area contributed by atoms with Crippen molar-refractivity contribution in [3.63, 3.8) is 0 Å². The molecule has 1 amide bonds. The largest absolute Gasteiger partial charge is 0.394 e. The van der Waals surface area contributed by atoms with Gasteiger partial charge < -0.3 is 36.1 Å². The number of aliphatic hydroxyl groups is 3. The first-order valence-corrected chi connectivity index (χ1v) is 9.68. The number of ether oxygens (including phenoxy) is 1. The number of hydrogen-bond acceptors (Lipinski definition) is 11. The van der Waals surface area contributed by atoms with Crippen molar-refractivity contribution >= 4 is 23.9 Å². The van der Waals surface area contributed by atoms with Gasteiger partial charge in [-0.05, 0) is 0 Å². The molecule has 2 aromatic rings. The molecule has 174 valence electrons. The van der Waals surface area contributed by atoms with E-state index in [0.717, 1.165) is 0 Å². The van der Waals surface area contributed by atoms with Crippen molar-refractivity contribution in [2.45, 2.75) is 31.0 Å². The van der Waals surface area contributed by atoms with E-state index >= 15 is 0 Å². The molecule has 4 atom stereocenters. The molecule has 15 heteroatoms. The van der Waals surface area contributed by atoms with Gasteiger partial charge in [-0.25, -0.2) is 9.97 Å². The summed E-state index contributed by atoms with van der Waals surface area (Å²) in [6.45, 7) is 0.0243. The van der Waals surface area contributed by atoms with Gasteiger partial charge in [0.25, 0.3) is 5.91 Å². The Morgan fingerprint density at radius 3 is 2.84 bits per heavy atom. The summed E-state index contributed by atoms with van der Waals surface area (Å²) < 4.78 is 7.27. The Labute approximate surface area is 182 Å². The Balaban J connectivity index is 0.000000195. The van der Waals surface area contributed by atoms with Crippen LogP contribution in [0.2, 0.25) is 0 Å². The van der Waals surface area contributed by atoms with Crippen LogP contribution in [0.1, 0.15) is 34.9 Å². The number of nitrogens with two attached hydrogens (primary N) is 1. The van der Waals surface area contributed by atoms with Crippen LogP contribution in [-0.4, -0.2) is 91.5 Å². The van der Waals surface area contributed by atoms with E-state index in [1.54, 1.807) is 25.0 Å². The Bertz CT molecular complexity index is 971. The van der Waals surface area contributed by atoms with Crippen molar-refractivity contribution < 1.29 is 24.9 Å². The quantitative estimate of drug-likeness (QED) is 0.245. The lowest BCUT2D eigenvalue weighted by Crippen LogP contribution is -2.24. The Kier molecular flexibility index (Phi) is 7.47. The van der Waals surface area contributed by atoms with Gasteiger partial charge in [0.05, 0.1) is 38.2 Å². The minimum Gasteiger partial charge on any atom is -0.394 e. The van der Waals surface area contributed by atoms with Gasteiger partial charge in [0.2, 0.25) is 0 Å². The molecule has 1 fully saturated rings. The van der Waals surface area contributed by atoms with Crippen LogP contribution < -0.4 is 11.1 Å². The number of carbonyl (C=O) groups is 1. The van der Waals surface area contributed by atoms with E-state index in [1.165, 1.54) is 17.7 Å². The number of nitrogens with zero attached hydrogens (tertiary/aromatic N) is 7. The minimum atomic E-state index is -0.762. The molecule has 2 aromatic heterocycles. The number of aromatic nitrogens is 4. The monoisotopic (exact) mass is 450 g/mol. The highest BCUT2D eigenvalue weighted by Crippen LogP contribution is 2.34. The molecular formula is C17H26N10O5. The molecule has 0 saturated carbocycles. The smallest absolute Gasteiger partial charge is 0.271 e. The molecule has 0 bridgehead atoms. The number of fused-ring (bicyclic) bond motifs is 1. The Morgan fingerprint density at radius 2 is 2.19 bits per heavy atom. The second-order valence-corrected chi connectivity index (χ2v) is 7.16. The molecule has 0 aromatic carbocycles. The Morgan fingerprint density at radius 1 is 1.41 bits per heavy atom. The lowest BCUT2D eigenvalue weighted by atomic mass is 10.2. The molecule has 2 aliphatic rings. The molecule has 32 heavy (non-hydrogen) atoms. The van der Waals surface area contributed by atoms with E-state index in [0.29, 0.717) is 17.9 Å². The SMILES string of the molecule is CN(C)/N=N/c1[nH]cnc1C(N)=O.OC[C@H]1O[C@@H](n2cnc3c2NC=NC[C@H]3O)C[C@@H]1O. The van der Waals surface area contributed by atoms with Crippen LogP contribution in [0.25, 0.3) is 0 Å². The molecule has 4 rings (SSSR count). The average molecular weight is 450 g/mol. The number of anilines is 1. The Hall–Kier alpha value is -3.40.